The standard InChI is InChI=1S/C27H32ClN5O3S2/c1-27(2,3)31-25(35)22(19-10-7-15-37-19)33(18-13-11-16(28)12-14-18)26(36)23-20(29)21(32-38-23)24(34)30-17-8-5-4-6-9-17/h7,10-15,17,22H,4-6,8-9,29H2,1-3H3,(H,30,34)(H,31,35)/t22-/m0/s1. The van der Waals surface area contributed by atoms with Crippen LogP contribution in [0, 0.1) is 0 Å². The first-order chi connectivity index (χ1) is 18.0. The molecule has 1 fully saturated rings. The van der Waals surface area contributed by atoms with Crippen LogP contribution in [0.15, 0.2) is 41.8 Å². The normalized spacial score (nSPS) is 15.1. The van der Waals surface area contributed by atoms with Crippen molar-refractivity contribution in [3.8, 4) is 0 Å². The maximum atomic E-state index is 14.2. The van der Waals surface area contributed by atoms with E-state index < -0.39 is 17.5 Å². The quantitative estimate of drug-likeness (QED) is 0.330. The van der Waals surface area contributed by atoms with Gasteiger partial charge in [-0.25, -0.2) is 0 Å². The zero-order valence-electron chi connectivity index (χ0n) is 21.6. The van der Waals surface area contributed by atoms with Crippen molar-refractivity contribution in [1.82, 2.24) is 15.0 Å². The van der Waals surface area contributed by atoms with E-state index in [1.807, 2.05) is 38.3 Å². The number of nitrogens with two attached hydrogens (primary N) is 1. The highest BCUT2D eigenvalue weighted by atomic mass is 35.5. The van der Waals surface area contributed by atoms with Gasteiger partial charge in [-0.15, -0.1) is 11.3 Å². The smallest absolute Gasteiger partial charge is 0.273 e. The lowest BCUT2D eigenvalue weighted by molar-refractivity contribution is -0.123. The number of anilines is 2. The number of carbonyl (C=O) groups excluding carboxylic acids is 3. The van der Waals surface area contributed by atoms with Crippen LogP contribution in [0.2, 0.25) is 5.02 Å². The average molecular weight is 574 g/mol. The summed E-state index contributed by atoms with van der Waals surface area (Å²) < 4.78 is 4.26. The highest BCUT2D eigenvalue weighted by Crippen LogP contribution is 2.35. The number of halogens is 1. The van der Waals surface area contributed by atoms with Crippen molar-refractivity contribution in [2.24, 2.45) is 0 Å². The van der Waals surface area contributed by atoms with Gasteiger partial charge >= 0.3 is 0 Å². The number of thiophene rings is 1. The van der Waals surface area contributed by atoms with E-state index in [0.29, 0.717) is 15.6 Å². The molecule has 1 aliphatic carbocycles. The fourth-order valence-corrected chi connectivity index (χ4v) is 6.14. The lowest BCUT2D eigenvalue weighted by Gasteiger charge is -2.32. The summed E-state index contributed by atoms with van der Waals surface area (Å²) in [7, 11) is 0. The molecule has 0 aliphatic heterocycles. The molecule has 0 radical (unpaired) electrons. The Balaban J connectivity index is 1.73. The van der Waals surface area contributed by atoms with Crippen LogP contribution >= 0.6 is 34.5 Å². The van der Waals surface area contributed by atoms with E-state index in [2.05, 4.69) is 15.0 Å². The van der Waals surface area contributed by atoms with E-state index in [1.165, 1.54) is 22.7 Å². The number of benzene rings is 1. The van der Waals surface area contributed by atoms with Crippen LogP contribution in [0.25, 0.3) is 0 Å². The highest BCUT2D eigenvalue weighted by Gasteiger charge is 2.38. The summed E-state index contributed by atoms with van der Waals surface area (Å²) in [6.45, 7) is 5.63. The minimum atomic E-state index is -0.982. The molecule has 2 heterocycles. The number of aromatic nitrogens is 1. The molecule has 3 amide bonds. The number of amides is 3. The number of hydrogen-bond acceptors (Lipinski definition) is 7. The Bertz CT molecular complexity index is 1280. The van der Waals surface area contributed by atoms with E-state index in [-0.39, 0.29) is 34.1 Å². The molecule has 11 heteroatoms. The van der Waals surface area contributed by atoms with Crippen molar-refractivity contribution >= 4 is 63.6 Å². The monoisotopic (exact) mass is 573 g/mol. The van der Waals surface area contributed by atoms with Crippen LogP contribution in [0.5, 0.6) is 0 Å². The third kappa shape index (κ3) is 6.54. The van der Waals surface area contributed by atoms with Crippen LogP contribution < -0.4 is 21.3 Å². The second-order valence-corrected chi connectivity index (χ2v) is 12.6. The zero-order valence-corrected chi connectivity index (χ0v) is 24.0. The molecular weight excluding hydrogens is 542 g/mol. The topological polar surface area (TPSA) is 117 Å². The molecule has 3 aromatic rings. The molecule has 0 spiro atoms. The summed E-state index contributed by atoms with van der Waals surface area (Å²) in [4.78, 5) is 43.0. The van der Waals surface area contributed by atoms with Crippen molar-refractivity contribution < 1.29 is 14.4 Å². The van der Waals surface area contributed by atoms with Crippen molar-refractivity contribution in [2.45, 2.75) is 70.5 Å². The molecule has 1 aliphatic rings. The van der Waals surface area contributed by atoms with Crippen LogP contribution in [0.1, 0.15) is 84.0 Å². The van der Waals surface area contributed by atoms with E-state index in [0.717, 1.165) is 37.2 Å². The van der Waals surface area contributed by atoms with Gasteiger partial charge in [0.2, 0.25) is 5.91 Å². The molecule has 1 aromatic carbocycles. The van der Waals surface area contributed by atoms with Crippen molar-refractivity contribution in [3.63, 3.8) is 0 Å². The van der Waals surface area contributed by atoms with Gasteiger partial charge in [-0.1, -0.05) is 36.9 Å². The van der Waals surface area contributed by atoms with Crippen molar-refractivity contribution in [1.29, 1.82) is 0 Å². The molecule has 202 valence electrons. The Kier molecular flexibility index (Phi) is 8.74. The number of hydrogen-bond donors (Lipinski definition) is 3. The number of nitrogens with one attached hydrogen (secondary N) is 2. The summed E-state index contributed by atoms with van der Waals surface area (Å²) in [5, 5.41) is 8.35. The van der Waals surface area contributed by atoms with Gasteiger partial charge in [-0.2, -0.15) is 4.37 Å². The van der Waals surface area contributed by atoms with Gasteiger partial charge in [0.25, 0.3) is 11.8 Å². The fourth-order valence-electron chi connectivity index (χ4n) is 4.47. The summed E-state index contributed by atoms with van der Waals surface area (Å²) in [6, 6.07) is 9.41. The number of rotatable bonds is 7. The van der Waals surface area contributed by atoms with E-state index in [1.54, 1.807) is 24.3 Å². The molecule has 4 N–H and O–H groups in total. The van der Waals surface area contributed by atoms with Gasteiger partial charge in [0.05, 0.1) is 5.69 Å². The van der Waals surface area contributed by atoms with Gasteiger partial charge < -0.3 is 16.4 Å². The molecule has 38 heavy (non-hydrogen) atoms. The Morgan fingerprint density at radius 3 is 2.39 bits per heavy atom. The van der Waals surface area contributed by atoms with Crippen LogP contribution in [0.4, 0.5) is 11.4 Å². The van der Waals surface area contributed by atoms with Gasteiger partial charge in [0, 0.05) is 27.2 Å². The number of nitrogens with zero attached hydrogens (tertiary/aromatic N) is 2. The molecule has 2 aromatic heterocycles. The minimum Gasteiger partial charge on any atom is -0.395 e. The fraction of sp³-hybridized carbons (Fsp3) is 0.407. The van der Waals surface area contributed by atoms with Crippen LogP contribution in [-0.4, -0.2) is 33.7 Å². The first kappa shape index (κ1) is 28.1. The van der Waals surface area contributed by atoms with Crippen LogP contribution in [0.3, 0.4) is 0 Å². The number of nitrogen functional groups attached to an aromatic ring is 1. The van der Waals surface area contributed by atoms with Crippen LogP contribution in [-0.2, 0) is 4.79 Å². The summed E-state index contributed by atoms with van der Waals surface area (Å²) in [5.41, 5.74) is 6.34. The largest absolute Gasteiger partial charge is 0.395 e. The molecule has 1 atom stereocenters. The predicted molar refractivity (Wildman–Crippen MR) is 154 cm³/mol. The lowest BCUT2D eigenvalue weighted by Crippen LogP contribution is -2.49. The Morgan fingerprint density at radius 1 is 1.11 bits per heavy atom. The summed E-state index contributed by atoms with van der Waals surface area (Å²) >= 11 is 8.36. The van der Waals surface area contributed by atoms with Gasteiger partial charge in [0.15, 0.2) is 11.7 Å². The summed E-state index contributed by atoms with van der Waals surface area (Å²) in [5.74, 6) is -1.26. The molecule has 0 saturated heterocycles. The molecule has 1 saturated carbocycles. The second kappa shape index (κ2) is 11.8. The zero-order chi connectivity index (χ0) is 27.4. The first-order valence-electron chi connectivity index (χ1n) is 12.6. The van der Waals surface area contributed by atoms with Crippen molar-refractivity contribution in [3.05, 3.63) is 62.2 Å². The third-order valence-electron chi connectivity index (χ3n) is 6.22. The number of carbonyl (C=O) groups is 3. The van der Waals surface area contributed by atoms with E-state index in [4.69, 9.17) is 17.3 Å². The lowest BCUT2D eigenvalue weighted by atomic mass is 9.95. The molecule has 4 rings (SSSR count). The molecule has 0 bridgehead atoms. The second-order valence-electron chi connectivity index (χ2n) is 10.4. The SMILES string of the molecule is CC(C)(C)NC(=O)[C@H](c1cccs1)N(C(=O)c1snc(C(=O)NC2CCCCC2)c1N)c1ccc(Cl)cc1. The van der Waals surface area contributed by atoms with E-state index >= 15 is 0 Å². The van der Waals surface area contributed by atoms with Gasteiger partial charge in [0.1, 0.15) is 4.88 Å². The van der Waals surface area contributed by atoms with Crippen molar-refractivity contribution in [2.75, 3.05) is 10.6 Å². The highest BCUT2D eigenvalue weighted by molar-refractivity contribution is 7.10. The third-order valence-corrected chi connectivity index (χ3v) is 8.25. The Hall–Kier alpha value is -2.95. The molecule has 0 unspecified atom stereocenters. The summed E-state index contributed by atoms with van der Waals surface area (Å²) in [6.07, 6.45) is 5.13. The Labute approximate surface area is 235 Å². The molecule has 8 nitrogen and oxygen atoms in total. The van der Waals surface area contributed by atoms with Gasteiger partial charge in [-0.3, -0.25) is 19.3 Å². The predicted octanol–water partition coefficient (Wildman–Crippen LogP) is 5.81. The van der Waals surface area contributed by atoms with Gasteiger partial charge in [-0.05, 0) is 80.9 Å². The van der Waals surface area contributed by atoms with E-state index in [9.17, 15) is 14.4 Å². The Morgan fingerprint density at radius 2 is 1.79 bits per heavy atom. The molecular formula is C27H32ClN5O3S2. The maximum absolute atomic E-state index is 14.2. The first-order valence-corrected chi connectivity index (χ1v) is 14.6. The average Bonchev–Trinajstić information content (AvgIpc) is 3.52. The minimum absolute atomic E-state index is 0.00781. The maximum Gasteiger partial charge on any atom is 0.273 e.